The van der Waals surface area contributed by atoms with Gasteiger partial charge in [-0.25, -0.2) is 0 Å². The van der Waals surface area contributed by atoms with E-state index in [1.165, 1.54) is 0 Å². The van der Waals surface area contributed by atoms with E-state index in [0.29, 0.717) is 0 Å². The smallest absolute Gasteiger partial charge is 0.249 e. The first-order valence-corrected chi connectivity index (χ1v) is 3.54. The quantitative estimate of drug-likeness (QED) is 0.263. The van der Waals surface area contributed by atoms with Crippen molar-refractivity contribution in [2.45, 2.75) is 24.4 Å². The fourth-order valence-corrected chi connectivity index (χ4v) is 0.691. The molecule has 0 aromatic carbocycles. The Morgan fingerprint density at radius 1 is 1.15 bits per heavy atom. The van der Waals surface area contributed by atoms with Crippen LogP contribution >= 0.6 is 0 Å². The second-order valence-corrected chi connectivity index (χ2v) is 2.58. The Kier molecular flexibility index (Phi) is 4.81. The highest BCUT2D eigenvalue weighted by Crippen LogP contribution is 2.04. The van der Waals surface area contributed by atoms with E-state index in [-0.39, 0.29) is 0 Å². The van der Waals surface area contributed by atoms with E-state index < -0.39 is 36.9 Å². The van der Waals surface area contributed by atoms with Gasteiger partial charge in [0.25, 0.3) is 0 Å². The third-order valence-corrected chi connectivity index (χ3v) is 1.55. The summed E-state index contributed by atoms with van der Waals surface area (Å²) in [4.78, 5) is 10.3. The maximum Gasteiger partial charge on any atom is 0.249 e. The van der Waals surface area contributed by atoms with Crippen LogP contribution in [0, 0.1) is 0 Å². The highest BCUT2D eigenvalue weighted by Gasteiger charge is 2.32. The molecule has 0 radical (unpaired) electrons. The van der Waals surface area contributed by atoms with E-state index in [0.717, 1.165) is 0 Å². The van der Waals surface area contributed by atoms with E-state index in [2.05, 4.69) is 5.73 Å². The number of nitrogens with two attached hydrogens (primary N) is 1. The first-order chi connectivity index (χ1) is 5.91. The number of carbonyl (C=O) groups is 1. The minimum Gasteiger partial charge on any atom is -0.394 e. The average Bonchev–Trinajstić information content (AvgIpc) is 2.12. The van der Waals surface area contributed by atoms with Crippen LogP contribution in [0.5, 0.6) is 0 Å². The highest BCUT2D eigenvalue weighted by atomic mass is 16.4. The van der Waals surface area contributed by atoms with Gasteiger partial charge in [0, 0.05) is 0 Å². The third-order valence-electron chi connectivity index (χ3n) is 1.55. The topological polar surface area (TPSA) is 144 Å². The van der Waals surface area contributed by atoms with Crippen LogP contribution in [0.25, 0.3) is 0 Å². The predicted octanol–water partition coefficient (Wildman–Crippen LogP) is -4.09. The normalized spacial score (nSPS) is 20.4. The molecule has 1 amide bonds. The second-order valence-electron chi connectivity index (χ2n) is 2.58. The summed E-state index contributed by atoms with van der Waals surface area (Å²) in [6, 6.07) is 0. The molecule has 0 fully saturated rings. The molecule has 0 aromatic rings. The Morgan fingerprint density at radius 2 is 1.62 bits per heavy atom. The van der Waals surface area contributed by atoms with Gasteiger partial charge >= 0.3 is 0 Å². The van der Waals surface area contributed by atoms with Crippen LogP contribution in [0.15, 0.2) is 0 Å². The van der Waals surface area contributed by atoms with Crippen molar-refractivity contribution in [1.82, 2.24) is 0 Å². The van der Waals surface area contributed by atoms with Crippen LogP contribution in [0.2, 0.25) is 0 Å². The average molecular weight is 195 g/mol. The number of aliphatic hydroxyl groups is 5. The molecule has 0 aromatic heterocycles. The molecule has 0 aliphatic heterocycles. The molecule has 0 unspecified atom stereocenters. The molecule has 7 heteroatoms. The van der Waals surface area contributed by atoms with Gasteiger partial charge in [-0.2, -0.15) is 0 Å². The van der Waals surface area contributed by atoms with Crippen LogP contribution in [0.4, 0.5) is 0 Å². The molecule has 4 atom stereocenters. The zero-order valence-corrected chi connectivity index (χ0v) is 6.74. The first-order valence-electron chi connectivity index (χ1n) is 3.54. The van der Waals surface area contributed by atoms with Gasteiger partial charge in [0.15, 0.2) is 6.10 Å². The van der Waals surface area contributed by atoms with Gasteiger partial charge in [0.05, 0.1) is 6.61 Å². The van der Waals surface area contributed by atoms with Crippen LogP contribution in [0.3, 0.4) is 0 Å². The molecule has 0 heterocycles. The third kappa shape index (κ3) is 3.25. The summed E-state index contributed by atoms with van der Waals surface area (Å²) >= 11 is 0. The highest BCUT2D eigenvalue weighted by molar-refractivity contribution is 5.79. The predicted molar refractivity (Wildman–Crippen MR) is 40.3 cm³/mol. The van der Waals surface area contributed by atoms with E-state index in [9.17, 15) is 4.79 Å². The SMILES string of the molecule is NC(=O)[C@@H](O)[C@H](O)[C@@H](O)[C@H](O)CO. The maximum absolute atomic E-state index is 10.3. The zero-order chi connectivity index (χ0) is 10.6. The number of carbonyl (C=O) groups excluding carboxylic acids is 1. The number of hydrogen-bond acceptors (Lipinski definition) is 6. The van der Waals surface area contributed by atoms with Crippen LogP contribution in [0.1, 0.15) is 0 Å². The summed E-state index contributed by atoms with van der Waals surface area (Å²) in [6.07, 6.45) is -7.35. The molecule has 0 aliphatic rings. The molecule has 0 saturated heterocycles. The summed E-state index contributed by atoms with van der Waals surface area (Å²) in [7, 11) is 0. The molecule has 0 aliphatic carbocycles. The Labute approximate surface area is 74.0 Å². The summed E-state index contributed by atoms with van der Waals surface area (Å²) in [5.74, 6) is -1.23. The Hall–Kier alpha value is -0.730. The van der Waals surface area contributed by atoms with Gasteiger partial charge in [-0.3, -0.25) is 4.79 Å². The molecule has 0 bridgehead atoms. The number of amides is 1. The number of primary amides is 1. The van der Waals surface area contributed by atoms with Crippen molar-refractivity contribution in [2.24, 2.45) is 5.73 Å². The molecule has 0 rings (SSSR count). The van der Waals surface area contributed by atoms with E-state index in [1.807, 2.05) is 0 Å². The lowest BCUT2D eigenvalue weighted by Crippen LogP contribution is -2.50. The number of aliphatic hydroxyl groups excluding tert-OH is 5. The zero-order valence-electron chi connectivity index (χ0n) is 6.74. The molecule has 13 heavy (non-hydrogen) atoms. The summed E-state index contributed by atoms with van der Waals surface area (Å²) in [5.41, 5.74) is 4.61. The Bertz CT molecular complexity index is 175. The van der Waals surface area contributed by atoms with Crippen LogP contribution in [-0.4, -0.2) is 62.5 Å². The summed E-state index contributed by atoms with van der Waals surface area (Å²) in [6.45, 7) is -0.802. The molecular weight excluding hydrogens is 182 g/mol. The van der Waals surface area contributed by atoms with Crippen molar-refractivity contribution in [3.63, 3.8) is 0 Å². The van der Waals surface area contributed by atoms with Crippen molar-refractivity contribution in [1.29, 1.82) is 0 Å². The molecule has 0 saturated carbocycles. The standard InChI is InChI=1S/C6H13NO6/c7-6(13)5(12)4(11)3(10)2(9)1-8/h2-5,8-12H,1H2,(H2,7,13)/t2-,3+,4-,5+/m1/s1. The van der Waals surface area contributed by atoms with Crippen molar-refractivity contribution >= 4 is 5.91 Å². The van der Waals surface area contributed by atoms with Crippen molar-refractivity contribution in [2.75, 3.05) is 6.61 Å². The summed E-state index contributed by atoms with van der Waals surface area (Å²) in [5, 5.41) is 44.0. The lowest BCUT2D eigenvalue weighted by Gasteiger charge is -2.23. The largest absolute Gasteiger partial charge is 0.394 e. The molecule has 7 N–H and O–H groups in total. The van der Waals surface area contributed by atoms with Gasteiger partial charge < -0.3 is 31.3 Å². The van der Waals surface area contributed by atoms with Gasteiger partial charge in [-0.05, 0) is 0 Å². The lowest BCUT2D eigenvalue weighted by atomic mass is 10.0. The van der Waals surface area contributed by atoms with Crippen molar-refractivity contribution in [3.05, 3.63) is 0 Å². The van der Waals surface area contributed by atoms with E-state index in [1.54, 1.807) is 0 Å². The summed E-state index contributed by atoms with van der Waals surface area (Å²) < 4.78 is 0. The number of hydrogen-bond donors (Lipinski definition) is 6. The molecule has 78 valence electrons. The second kappa shape index (κ2) is 5.10. The molecule has 0 spiro atoms. The van der Waals surface area contributed by atoms with E-state index in [4.69, 9.17) is 25.5 Å². The Morgan fingerprint density at radius 3 is 1.92 bits per heavy atom. The van der Waals surface area contributed by atoms with Crippen molar-refractivity contribution in [3.8, 4) is 0 Å². The van der Waals surface area contributed by atoms with Gasteiger partial charge in [-0.15, -0.1) is 0 Å². The van der Waals surface area contributed by atoms with Gasteiger partial charge in [0.1, 0.15) is 18.3 Å². The maximum atomic E-state index is 10.3. The molecule has 7 nitrogen and oxygen atoms in total. The fourth-order valence-electron chi connectivity index (χ4n) is 0.691. The molecular formula is C6H13NO6. The lowest BCUT2D eigenvalue weighted by molar-refractivity contribution is -0.146. The van der Waals surface area contributed by atoms with Crippen LogP contribution in [-0.2, 0) is 4.79 Å². The van der Waals surface area contributed by atoms with Crippen LogP contribution < -0.4 is 5.73 Å². The first kappa shape index (κ1) is 12.3. The van der Waals surface area contributed by atoms with Gasteiger partial charge in [0.2, 0.25) is 5.91 Å². The van der Waals surface area contributed by atoms with Gasteiger partial charge in [-0.1, -0.05) is 0 Å². The Balaban J connectivity index is 4.24. The fraction of sp³-hybridized carbons (Fsp3) is 0.833. The number of rotatable bonds is 5. The minimum absolute atomic E-state index is 0.802. The van der Waals surface area contributed by atoms with Crippen molar-refractivity contribution < 1.29 is 30.3 Å². The minimum atomic E-state index is -1.98. The van der Waals surface area contributed by atoms with E-state index >= 15 is 0 Å². The monoisotopic (exact) mass is 195 g/mol.